The molecule has 0 saturated heterocycles. The number of rotatable bonds is 9. The summed E-state index contributed by atoms with van der Waals surface area (Å²) in [6, 6.07) is 6.26. The molecule has 6 heteroatoms. The lowest BCUT2D eigenvalue weighted by atomic mass is 9.91. The van der Waals surface area contributed by atoms with Crippen LogP contribution in [0.4, 0.5) is 0 Å². The van der Waals surface area contributed by atoms with Gasteiger partial charge < -0.3 is 14.6 Å². The van der Waals surface area contributed by atoms with Gasteiger partial charge in [0, 0.05) is 12.2 Å². The van der Waals surface area contributed by atoms with Gasteiger partial charge in [-0.25, -0.2) is 0 Å². The second-order valence-corrected chi connectivity index (χ2v) is 7.15. The van der Waals surface area contributed by atoms with Crippen molar-refractivity contribution in [1.29, 1.82) is 0 Å². The molecule has 5 nitrogen and oxygen atoms in total. The number of hydrogen-bond acceptors (Lipinski definition) is 6. The highest BCUT2D eigenvalue weighted by Gasteiger charge is 2.26. The van der Waals surface area contributed by atoms with Crippen molar-refractivity contribution in [3.05, 3.63) is 35.4 Å². The van der Waals surface area contributed by atoms with Crippen LogP contribution in [-0.4, -0.2) is 23.7 Å². The second kappa shape index (κ2) is 9.47. The fourth-order valence-corrected chi connectivity index (χ4v) is 2.50. The number of ether oxygens (including phenoxy) is 1. The number of carboxylic acids is 1. The molecule has 24 heavy (non-hydrogen) atoms. The van der Waals surface area contributed by atoms with Gasteiger partial charge >= 0.3 is 5.97 Å². The van der Waals surface area contributed by atoms with Crippen LogP contribution in [-0.2, 0) is 20.1 Å². The Hall–Kier alpha value is -1.82. The average Bonchev–Trinajstić information content (AvgIpc) is 2.56. The average molecular weight is 351 g/mol. The second-order valence-electron chi connectivity index (χ2n) is 6.12. The van der Waals surface area contributed by atoms with Crippen LogP contribution in [0.5, 0.6) is 0 Å². The topological polar surface area (TPSA) is 83.5 Å². The lowest BCUT2D eigenvalue weighted by Crippen LogP contribution is -2.26. The number of aromatic carboxylic acids is 1. The van der Waals surface area contributed by atoms with E-state index in [0.717, 1.165) is 5.56 Å². The Bertz CT molecular complexity index is 578. The largest absolute Gasteiger partial charge is 0.545 e. The molecular formula is C18H23O5S-. The summed E-state index contributed by atoms with van der Waals surface area (Å²) in [4.78, 5) is 34.2. The van der Waals surface area contributed by atoms with Crippen LogP contribution >= 0.6 is 11.8 Å². The smallest absolute Gasteiger partial charge is 0.311 e. The summed E-state index contributed by atoms with van der Waals surface area (Å²) >= 11 is 1.17. The minimum atomic E-state index is -1.22. The zero-order chi connectivity index (χ0) is 18.2. The molecule has 0 amide bonds. The molecule has 1 aromatic carbocycles. The minimum absolute atomic E-state index is 0.0183. The van der Waals surface area contributed by atoms with Gasteiger partial charge in [-0.3, -0.25) is 9.59 Å². The van der Waals surface area contributed by atoms with Gasteiger partial charge in [-0.05, 0) is 37.8 Å². The van der Waals surface area contributed by atoms with Gasteiger partial charge in [0.15, 0.2) is 5.12 Å². The minimum Gasteiger partial charge on any atom is -0.545 e. The monoisotopic (exact) mass is 351 g/mol. The molecule has 0 unspecified atom stereocenters. The van der Waals surface area contributed by atoms with Crippen LogP contribution in [0.25, 0.3) is 0 Å². The first kappa shape index (κ1) is 20.2. The van der Waals surface area contributed by atoms with Gasteiger partial charge in [0.25, 0.3) is 0 Å². The van der Waals surface area contributed by atoms with Crippen molar-refractivity contribution in [2.75, 3.05) is 6.61 Å². The van der Waals surface area contributed by atoms with Gasteiger partial charge in [0.2, 0.25) is 0 Å². The maximum Gasteiger partial charge on any atom is 0.311 e. The molecule has 0 heterocycles. The maximum atomic E-state index is 11.8. The third-order valence-corrected chi connectivity index (χ3v) is 4.79. The van der Waals surface area contributed by atoms with Crippen molar-refractivity contribution in [2.24, 2.45) is 5.41 Å². The molecule has 132 valence electrons. The maximum absolute atomic E-state index is 11.8. The molecule has 0 N–H and O–H groups in total. The number of carbonyl (C=O) groups is 3. The highest BCUT2D eigenvalue weighted by atomic mass is 32.2. The lowest BCUT2D eigenvalue weighted by molar-refractivity contribution is -0.255. The van der Waals surface area contributed by atoms with E-state index in [1.54, 1.807) is 12.1 Å². The van der Waals surface area contributed by atoms with E-state index in [0.29, 0.717) is 25.0 Å². The normalized spacial score (nSPS) is 11.1. The first-order valence-corrected chi connectivity index (χ1v) is 8.88. The summed E-state index contributed by atoms with van der Waals surface area (Å²) in [5.74, 6) is -0.973. The van der Waals surface area contributed by atoms with Gasteiger partial charge in [-0.2, -0.15) is 0 Å². The number of esters is 1. The van der Waals surface area contributed by atoms with E-state index in [4.69, 9.17) is 4.74 Å². The summed E-state index contributed by atoms with van der Waals surface area (Å²) in [7, 11) is 0. The van der Waals surface area contributed by atoms with E-state index in [2.05, 4.69) is 0 Å². The van der Waals surface area contributed by atoms with Crippen molar-refractivity contribution in [1.82, 2.24) is 0 Å². The lowest BCUT2D eigenvalue weighted by Gasteiger charge is -2.20. The van der Waals surface area contributed by atoms with E-state index >= 15 is 0 Å². The Morgan fingerprint density at radius 2 is 1.79 bits per heavy atom. The van der Waals surface area contributed by atoms with Gasteiger partial charge in [0.05, 0.1) is 18.0 Å². The molecule has 0 radical (unpaired) electrons. The van der Waals surface area contributed by atoms with Crippen molar-refractivity contribution >= 4 is 28.8 Å². The number of hydrogen-bond donors (Lipinski definition) is 0. The number of thioether (sulfide) groups is 1. The zero-order valence-electron chi connectivity index (χ0n) is 14.3. The molecule has 0 saturated carbocycles. The van der Waals surface area contributed by atoms with E-state index < -0.39 is 11.4 Å². The predicted octanol–water partition coefficient (Wildman–Crippen LogP) is 2.57. The zero-order valence-corrected chi connectivity index (χ0v) is 15.1. The fourth-order valence-electron chi connectivity index (χ4n) is 1.69. The third-order valence-electron chi connectivity index (χ3n) is 3.78. The quantitative estimate of drug-likeness (QED) is 0.502. The molecule has 1 aromatic rings. The van der Waals surface area contributed by atoms with Gasteiger partial charge in [-0.1, -0.05) is 43.0 Å². The Morgan fingerprint density at radius 3 is 2.33 bits per heavy atom. The van der Waals surface area contributed by atoms with Crippen LogP contribution in [0, 0.1) is 5.41 Å². The highest BCUT2D eigenvalue weighted by molar-refractivity contribution is 8.12. The van der Waals surface area contributed by atoms with E-state index in [1.807, 2.05) is 20.8 Å². The summed E-state index contributed by atoms with van der Waals surface area (Å²) in [5.41, 5.74) is 0.498. The van der Waals surface area contributed by atoms with Crippen molar-refractivity contribution in [3.63, 3.8) is 0 Å². The van der Waals surface area contributed by atoms with Crippen LogP contribution in [0.3, 0.4) is 0 Å². The summed E-state index contributed by atoms with van der Waals surface area (Å²) in [5, 5.41) is 10.7. The van der Waals surface area contributed by atoms with E-state index in [1.165, 1.54) is 23.9 Å². The summed E-state index contributed by atoms with van der Waals surface area (Å²) < 4.78 is 5.18. The van der Waals surface area contributed by atoms with Crippen molar-refractivity contribution < 1.29 is 24.2 Å². The van der Waals surface area contributed by atoms with Crippen LogP contribution in [0.15, 0.2) is 24.3 Å². The molecule has 0 aromatic heterocycles. The molecule has 0 spiro atoms. The van der Waals surface area contributed by atoms with Crippen LogP contribution in [0.1, 0.15) is 56.0 Å². The number of carbonyl (C=O) groups excluding carboxylic acids is 3. The van der Waals surface area contributed by atoms with E-state index in [-0.39, 0.29) is 23.3 Å². The van der Waals surface area contributed by atoms with Crippen LogP contribution in [0.2, 0.25) is 0 Å². The van der Waals surface area contributed by atoms with Gasteiger partial charge in [-0.15, -0.1) is 0 Å². The Labute approximate surface area is 146 Å². The molecule has 0 aliphatic rings. The SMILES string of the molecule is CCC(C)(C)C(=O)OCCCC(=O)SCc1ccc(C(=O)[O-])cc1. The molecule has 1 rings (SSSR count). The molecule has 0 aliphatic heterocycles. The van der Waals surface area contributed by atoms with Crippen molar-refractivity contribution in [3.8, 4) is 0 Å². The number of carboxylic acid groups (broad SMARTS) is 1. The fraction of sp³-hybridized carbons (Fsp3) is 0.500. The highest BCUT2D eigenvalue weighted by Crippen LogP contribution is 2.22. The standard InChI is InChI=1S/C18H24O5S/c1-4-18(2,3)17(22)23-11-5-6-15(19)24-12-13-7-9-14(10-8-13)16(20)21/h7-10H,4-6,11-12H2,1-3H3,(H,20,21)/p-1. The van der Waals surface area contributed by atoms with E-state index in [9.17, 15) is 19.5 Å². The molecule has 0 fully saturated rings. The Balaban J connectivity index is 2.25. The first-order valence-electron chi connectivity index (χ1n) is 7.89. The van der Waals surface area contributed by atoms with Gasteiger partial charge in [0.1, 0.15) is 0 Å². The Morgan fingerprint density at radius 1 is 1.17 bits per heavy atom. The summed E-state index contributed by atoms with van der Waals surface area (Å²) in [6.45, 7) is 5.85. The van der Waals surface area contributed by atoms with Crippen LogP contribution < -0.4 is 5.11 Å². The predicted molar refractivity (Wildman–Crippen MR) is 91.3 cm³/mol. The summed E-state index contributed by atoms with van der Waals surface area (Å²) in [6.07, 6.45) is 1.54. The number of benzene rings is 1. The van der Waals surface area contributed by atoms with Crippen molar-refractivity contribution in [2.45, 2.75) is 45.8 Å². The Kier molecular flexibility index (Phi) is 7.98. The molecule has 0 bridgehead atoms. The first-order chi connectivity index (χ1) is 11.3. The molecule has 0 aliphatic carbocycles. The molecular weight excluding hydrogens is 328 g/mol. The third kappa shape index (κ3) is 6.74. The molecule has 0 atom stereocenters.